The highest BCUT2D eigenvalue weighted by Crippen LogP contribution is 2.12. The molecule has 0 fully saturated rings. The van der Waals surface area contributed by atoms with Crippen molar-refractivity contribution < 1.29 is 15.0 Å². The third-order valence-electron chi connectivity index (χ3n) is 4.26. The van der Waals surface area contributed by atoms with Crippen LogP contribution >= 0.6 is 0 Å². The molecule has 0 spiro atoms. The molecular weight excluding hydrogens is 336 g/mol. The predicted octanol–water partition coefficient (Wildman–Crippen LogP) is 7.22. The molecule has 2 N–H and O–H groups in total. The van der Waals surface area contributed by atoms with Crippen molar-refractivity contribution in [3.63, 3.8) is 0 Å². The van der Waals surface area contributed by atoms with Crippen LogP contribution in [0.3, 0.4) is 0 Å². The van der Waals surface area contributed by atoms with Gasteiger partial charge in [-0.05, 0) is 13.3 Å². The summed E-state index contributed by atoms with van der Waals surface area (Å²) in [5.74, 6) is -0.655. The van der Waals surface area contributed by atoms with Crippen molar-refractivity contribution in [3.05, 3.63) is 36.5 Å². The summed E-state index contributed by atoms with van der Waals surface area (Å²) in [5.41, 5.74) is 0. The fourth-order valence-corrected chi connectivity index (χ4v) is 2.67. The fourth-order valence-electron chi connectivity index (χ4n) is 2.67. The highest BCUT2D eigenvalue weighted by Gasteiger charge is 1.96. The molecule has 0 saturated heterocycles. The van der Waals surface area contributed by atoms with Crippen molar-refractivity contribution in [1.82, 2.24) is 0 Å². The molecular formula is C24H44O3. The number of hydrogen-bond acceptors (Lipinski definition) is 2. The standard InChI is InChI=1S/C16H32O2.C8H12O/c1-2-3-4-5-6-7-8-9-10-11-12-13-14-15-16(17)18;1-2-3-4-5-6-7-8-9/h2-15H2,1H3,(H,17,18);2-7,9H,8H2,1H3. The Bertz CT molecular complexity index is 370. The van der Waals surface area contributed by atoms with Crippen molar-refractivity contribution in [1.29, 1.82) is 0 Å². The Morgan fingerprint density at radius 1 is 0.704 bits per heavy atom. The van der Waals surface area contributed by atoms with Crippen LogP contribution < -0.4 is 0 Å². The number of allylic oxidation sites excluding steroid dienone is 5. The zero-order valence-corrected chi connectivity index (χ0v) is 17.9. The van der Waals surface area contributed by atoms with Crippen LogP contribution in [0.1, 0.15) is 104 Å². The SMILES string of the molecule is CC=CC=CC=CCO.CCCCCCCCCCCCCCCC(=O)O. The minimum atomic E-state index is -0.655. The van der Waals surface area contributed by atoms with Gasteiger partial charge >= 0.3 is 5.97 Å². The van der Waals surface area contributed by atoms with E-state index in [9.17, 15) is 4.79 Å². The Kier molecular flexibility index (Phi) is 27.7. The predicted molar refractivity (Wildman–Crippen MR) is 118 cm³/mol. The summed E-state index contributed by atoms with van der Waals surface area (Å²) in [6.45, 7) is 4.33. The summed E-state index contributed by atoms with van der Waals surface area (Å²) < 4.78 is 0. The molecule has 3 heteroatoms. The van der Waals surface area contributed by atoms with Crippen molar-refractivity contribution in [2.75, 3.05) is 6.61 Å². The second-order valence-corrected chi connectivity index (χ2v) is 6.91. The summed E-state index contributed by atoms with van der Waals surface area (Å²) >= 11 is 0. The first-order valence-corrected chi connectivity index (χ1v) is 11.0. The van der Waals surface area contributed by atoms with Crippen molar-refractivity contribution in [3.8, 4) is 0 Å². The Morgan fingerprint density at radius 3 is 1.56 bits per heavy atom. The molecule has 0 aromatic heterocycles. The van der Waals surface area contributed by atoms with E-state index in [2.05, 4.69) is 6.92 Å². The first-order chi connectivity index (χ1) is 13.2. The molecule has 0 aliphatic heterocycles. The number of aliphatic carboxylic acids is 1. The fraction of sp³-hybridized carbons (Fsp3) is 0.708. The van der Waals surface area contributed by atoms with Gasteiger partial charge in [-0.25, -0.2) is 0 Å². The van der Waals surface area contributed by atoms with Gasteiger partial charge < -0.3 is 10.2 Å². The van der Waals surface area contributed by atoms with Gasteiger partial charge in [0.15, 0.2) is 0 Å². The molecule has 0 saturated carbocycles. The van der Waals surface area contributed by atoms with E-state index in [1.165, 1.54) is 70.6 Å². The first kappa shape index (κ1) is 27.9. The van der Waals surface area contributed by atoms with Gasteiger partial charge in [0.25, 0.3) is 0 Å². The third-order valence-corrected chi connectivity index (χ3v) is 4.26. The van der Waals surface area contributed by atoms with E-state index in [1.807, 2.05) is 31.2 Å². The van der Waals surface area contributed by atoms with E-state index in [1.54, 1.807) is 12.2 Å². The van der Waals surface area contributed by atoms with Crippen molar-refractivity contribution in [2.24, 2.45) is 0 Å². The lowest BCUT2D eigenvalue weighted by Gasteiger charge is -2.02. The first-order valence-electron chi connectivity index (χ1n) is 11.0. The minimum absolute atomic E-state index is 0.111. The molecule has 0 bridgehead atoms. The van der Waals surface area contributed by atoms with Gasteiger partial charge in [-0.1, -0.05) is 120 Å². The van der Waals surface area contributed by atoms with Gasteiger partial charge in [0.2, 0.25) is 0 Å². The van der Waals surface area contributed by atoms with Gasteiger partial charge in [-0.15, -0.1) is 0 Å². The maximum Gasteiger partial charge on any atom is 0.303 e. The molecule has 0 atom stereocenters. The Balaban J connectivity index is 0. The number of rotatable bonds is 17. The van der Waals surface area contributed by atoms with Gasteiger partial charge in [0.1, 0.15) is 0 Å². The summed E-state index contributed by atoms with van der Waals surface area (Å²) in [7, 11) is 0. The molecule has 158 valence electrons. The average molecular weight is 381 g/mol. The highest BCUT2D eigenvalue weighted by atomic mass is 16.4. The van der Waals surface area contributed by atoms with E-state index < -0.39 is 5.97 Å². The molecule has 0 aromatic carbocycles. The van der Waals surface area contributed by atoms with Crippen LogP contribution in [0.5, 0.6) is 0 Å². The summed E-state index contributed by atoms with van der Waals surface area (Å²) in [5, 5.41) is 16.8. The van der Waals surface area contributed by atoms with Crippen LogP contribution in [-0.2, 0) is 4.79 Å². The monoisotopic (exact) mass is 380 g/mol. The Hall–Kier alpha value is -1.35. The number of unbranched alkanes of at least 4 members (excludes halogenated alkanes) is 12. The van der Waals surface area contributed by atoms with Crippen molar-refractivity contribution >= 4 is 5.97 Å². The average Bonchev–Trinajstić information content (AvgIpc) is 2.66. The molecule has 0 aliphatic rings. The second-order valence-electron chi connectivity index (χ2n) is 6.91. The zero-order chi connectivity index (χ0) is 20.4. The minimum Gasteiger partial charge on any atom is -0.481 e. The van der Waals surface area contributed by atoms with Crippen LogP contribution in [0.15, 0.2) is 36.5 Å². The molecule has 0 radical (unpaired) electrons. The highest BCUT2D eigenvalue weighted by molar-refractivity contribution is 5.66. The van der Waals surface area contributed by atoms with E-state index in [0.29, 0.717) is 6.42 Å². The van der Waals surface area contributed by atoms with Crippen LogP contribution in [-0.4, -0.2) is 22.8 Å². The van der Waals surface area contributed by atoms with Crippen LogP contribution in [0, 0.1) is 0 Å². The Morgan fingerprint density at radius 2 is 1.15 bits per heavy atom. The quantitative estimate of drug-likeness (QED) is 0.207. The second kappa shape index (κ2) is 26.9. The lowest BCUT2D eigenvalue weighted by atomic mass is 10.0. The maximum absolute atomic E-state index is 10.3. The normalized spacial score (nSPS) is 11.4. The number of aliphatic hydroxyl groups excluding tert-OH is 1. The molecule has 0 rings (SSSR count). The molecule has 0 aliphatic carbocycles. The molecule has 27 heavy (non-hydrogen) atoms. The van der Waals surface area contributed by atoms with Gasteiger partial charge in [-0.3, -0.25) is 4.79 Å². The third kappa shape index (κ3) is 32.8. The number of carbonyl (C=O) groups is 1. The molecule has 0 unspecified atom stereocenters. The maximum atomic E-state index is 10.3. The number of carboxylic acid groups (broad SMARTS) is 1. The van der Waals surface area contributed by atoms with Crippen LogP contribution in [0.2, 0.25) is 0 Å². The molecule has 0 amide bonds. The van der Waals surface area contributed by atoms with E-state index in [0.717, 1.165) is 12.8 Å². The molecule has 3 nitrogen and oxygen atoms in total. The van der Waals surface area contributed by atoms with Crippen LogP contribution in [0.4, 0.5) is 0 Å². The number of aliphatic hydroxyl groups is 1. The summed E-state index contributed by atoms with van der Waals surface area (Å²) in [6, 6.07) is 0. The number of hydrogen-bond donors (Lipinski definition) is 2. The summed E-state index contributed by atoms with van der Waals surface area (Å²) in [4.78, 5) is 10.3. The zero-order valence-electron chi connectivity index (χ0n) is 17.9. The smallest absolute Gasteiger partial charge is 0.303 e. The van der Waals surface area contributed by atoms with Gasteiger partial charge in [0.05, 0.1) is 6.61 Å². The molecule has 0 aromatic rings. The van der Waals surface area contributed by atoms with Crippen molar-refractivity contribution in [2.45, 2.75) is 104 Å². The van der Waals surface area contributed by atoms with Crippen LogP contribution in [0.25, 0.3) is 0 Å². The largest absolute Gasteiger partial charge is 0.481 e. The molecule has 0 heterocycles. The van der Waals surface area contributed by atoms with E-state index in [4.69, 9.17) is 10.2 Å². The van der Waals surface area contributed by atoms with E-state index in [-0.39, 0.29) is 6.61 Å². The summed E-state index contributed by atoms with van der Waals surface area (Å²) in [6.07, 6.45) is 28.4. The lowest BCUT2D eigenvalue weighted by molar-refractivity contribution is -0.137. The van der Waals surface area contributed by atoms with E-state index >= 15 is 0 Å². The van der Waals surface area contributed by atoms with Gasteiger partial charge in [0, 0.05) is 6.42 Å². The lowest BCUT2D eigenvalue weighted by Crippen LogP contribution is -1.93. The van der Waals surface area contributed by atoms with Gasteiger partial charge in [-0.2, -0.15) is 0 Å². The number of carboxylic acids is 1. The Labute approximate surface area is 168 Å². The topological polar surface area (TPSA) is 57.5 Å².